The summed E-state index contributed by atoms with van der Waals surface area (Å²) < 4.78 is 18.6. The molecule has 1 atom stereocenters. The number of aryl methyl sites for hydroxylation is 1. The summed E-state index contributed by atoms with van der Waals surface area (Å²) >= 11 is 0. The van der Waals surface area contributed by atoms with Gasteiger partial charge in [-0.25, -0.2) is 0 Å². The van der Waals surface area contributed by atoms with Crippen LogP contribution in [-0.2, 0) is 13.5 Å². The predicted molar refractivity (Wildman–Crippen MR) is 79.7 cm³/mol. The van der Waals surface area contributed by atoms with Crippen molar-refractivity contribution in [2.24, 2.45) is 7.05 Å². The Morgan fingerprint density at radius 3 is 2.82 bits per heavy atom. The van der Waals surface area contributed by atoms with Crippen LogP contribution in [0.15, 0.2) is 16.9 Å². The second-order valence-electron chi connectivity index (χ2n) is 6.33. The number of hydrogen-bond donors (Lipinski definition) is 1. The van der Waals surface area contributed by atoms with Crippen molar-refractivity contribution in [2.75, 3.05) is 6.79 Å². The van der Waals surface area contributed by atoms with E-state index in [4.69, 9.17) is 14.2 Å². The molecule has 1 aromatic heterocycles. The summed E-state index contributed by atoms with van der Waals surface area (Å²) in [4.78, 5) is 12.8. The van der Waals surface area contributed by atoms with Gasteiger partial charge in [-0.05, 0) is 26.0 Å². The lowest BCUT2D eigenvalue weighted by atomic mass is 9.97. The molecule has 0 bridgehead atoms. The first-order chi connectivity index (χ1) is 10.4. The lowest BCUT2D eigenvalue weighted by molar-refractivity contribution is -0.0252. The molecule has 0 radical (unpaired) electrons. The molecule has 3 heterocycles. The van der Waals surface area contributed by atoms with E-state index >= 15 is 0 Å². The molecule has 1 N–H and O–H groups in total. The maximum absolute atomic E-state index is 12.8. The van der Waals surface area contributed by atoms with Crippen molar-refractivity contribution in [3.8, 4) is 17.4 Å². The molecule has 0 aliphatic carbocycles. The van der Waals surface area contributed by atoms with Crippen molar-refractivity contribution in [3.05, 3.63) is 27.9 Å². The fourth-order valence-corrected chi connectivity index (χ4v) is 3.12. The molecule has 2 aliphatic heterocycles. The molecule has 1 aromatic carbocycles. The van der Waals surface area contributed by atoms with Crippen molar-refractivity contribution >= 4 is 10.9 Å². The molecule has 6 heteroatoms. The summed E-state index contributed by atoms with van der Waals surface area (Å²) in [6.45, 7) is 3.51. The van der Waals surface area contributed by atoms with Gasteiger partial charge in [0.2, 0.25) is 12.7 Å². The Labute approximate surface area is 126 Å². The number of aromatic nitrogens is 1. The van der Waals surface area contributed by atoms with Crippen LogP contribution in [0.4, 0.5) is 0 Å². The smallest absolute Gasteiger partial charge is 0.231 e. The number of ether oxygens (including phenoxy) is 3. The largest absolute Gasteiger partial charge is 0.472 e. The van der Waals surface area contributed by atoms with E-state index in [-0.39, 0.29) is 12.2 Å². The van der Waals surface area contributed by atoms with E-state index in [0.29, 0.717) is 40.3 Å². The topological polar surface area (TPSA) is 69.9 Å². The molecule has 4 rings (SSSR count). The molecule has 0 unspecified atom stereocenters. The van der Waals surface area contributed by atoms with Crippen molar-refractivity contribution in [2.45, 2.75) is 32.0 Å². The van der Waals surface area contributed by atoms with Gasteiger partial charge in [-0.1, -0.05) is 0 Å². The molecular formula is C16H17NO5. The number of pyridine rings is 1. The summed E-state index contributed by atoms with van der Waals surface area (Å²) in [6.07, 6.45) is -0.0426. The monoisotopic (exact) mass is 303 g/mol. The van der Waals surface area contributed by atoms with Crippen molar-refractivity contribution < 1.29 is 19.3 Å². The van der Waals surface area contributed by atoms with Gasteiger partial charge in [0.15, 0.2) is 16.9 Å². The zero-order valence-electron chi connectivity index (χ0n) is 12.7. The van der Waals surface area contributed by atoms with Gasteiger partial charge in [0, 0.05) is 13.5 Å². The zero-order chi connectivity index (χ0) is 15.6. The number of rotatable bonds is 1. The average Bonchev–Trinajstić information content (AvgIpc) is 3.09. The number of benzene rings is 1. The minimum absolute atomic E-state index is 0.0758. The standard InChI is InChI=1S/C16H17NO5/c1-16(2,19)11-6-9-13(18)8-4-5-10-14(21-7-20-10)12(8)17(3)15(9)22-11/h4-5,11,19H,6-7H2,1-3H3/t11-/m0/s1. The van der Waals surface area contributed by atoms with E-state index in [1.54, 1.807) is 26.0 Å². The van der Waals surface area contributed by atoms with Gasteiger partial charge in [-0.3, -0.25) is 4.79 Å². The normalized spacial score (nSPS) is 19.4. The molecular weight excluding hydrogens is 286 g/mol. The highest BCUT2D eigenvalue weighted by Crippen LogP contribution is 2.41. The van der Waals surface area contributed by atoms with Crippen LogP contribution < -0.4 is 19.6 Å². The molecule has 0 amide bonds. The van der Waals surface area contributed by atoms with E-state index in [2.05, 4.69) is 0 Å². The molecule has 0 saturated heterocycles. The van der Waals surface area contributed by atoms with Crippen molar-refractivity contribution in [3.63, 3.8) is 0 Å². The first-order valence-electron chi connectivity index (χ1n) is 7.21. The van der Waals surface area contributed by atoms with Crippen LogP contribution in [0.5, 0.6) is 17.4 Å². The number of nitrogens with zero attached hydrogens (tertiary/aromatic N) is 1. The van der Waals surface area contributed by atoms with E-state index in [9.17, 15) is 9.90 Å². The van der Waals surface area contributed by atoms with Crippen LogP contribution >= 0.6 is 0 Å². The van der Waals surface area contributed by atoms with Crippen LogP contribution in [0.3, 0.4) is 0 Å². The molecule has 0 saturated carbocycles. The molecule has 116 valence electrons. The van der Waals surface area contributed by atoms with Crippen LogP contribution in [0, 0.1) is 0 Å². The average molecular weight is 303 g/mol. The first-order valence-corrected chi connectivity index (χ1v) is 7.21. The molecule has 6 nitrogen and oxygen atoms in total. The van der Waals surface area contributed by atoms with E-state index in [1.807, 2.05) is 11.6 Å². The van der Waals surface area contributed by atoms with Crippen LogP contribution in [0.2, 0.25) is 0 Å². The molecule has 22 heavy (non-hydrogen) atoms. The summed E-state index contributed by atoms with van der Waals surface area (Å²) in [5.41, 5.74) is 0.163. The molecule has 2 aromatic rings. The summed E-state index contributed by atoms with van der Waals surface area (Å²) in [7, 11) is 1.83. The van der Waals surface area contributed by atoms with Gasteiger partial charge in [-0.2, -0.15) is 0 Å². The van der Waals surface area contributed by atoms with Crippen molar-refractivity contribution in [1.82, 2.24) is 4.57 Å². The Bertz CT molecular complexity index is 846. The third-order valence-corrected chi connectivity index (χ3v) is 4.36. The minimum Gasteiger partial charge on any atom is -0.472 e. The SMILES string of the molecule is Cn1c2c(c(=O)c3ccc4c(c31)OCO4)C[C@@H](C(C)(C)O)O2. The Morgan fingerprint density at radius 1 is 1.32 bits per heavy atom. The van der Waals surface area contributed by atoms with Gasteiger partial charge < -0.3 is 23.9 Å². The third kappa shape index (κ3) is 1.67. The lowest BCUT2D eigenvalue weighted by Crippen LogP contribution is -2.39. The highest BCUT2D eigenvalue weighted by molar-refractivity contribution is 5.89. The number of hydrogen-bond acceptors (Lipinski definition) is 5. The maximum Gasteiger partial charge on any atom is 0.231 e. The first kappa shape index (κ1) is 13.5. The minimum atomic E-state index is -1.02. The molecule has 2 aliphatic rings. The zero-order valence-corrected chi connectivity index (χ0v) is 12.7. The van der Waals surface area contributed by atoms with Gasteiger partial charge >= 0.3 is 0 Å². The highest BCUT2D eigenvalue weighted by Gasteiger charge is 2.38. The fraction of sp³-hybridized carbons (Fsp3) is 0.438. The number of aliphatic hydroxyl groups is 1. The molecule has 0 spiro atoms. The highest BCUT2D eigenvalue weighted by atomic mass is 16.7. The van der Waals surface area contributed by atoms with E-state index < -0.39 is 11.7 Å². The number of fused-ring (bicyclic) bond motifs is 4. The quantitative estimate of drug-likeness (QED) is 0.861. The van der Waals surface area contributed by atoms with Gasteiger partial charge in [0.05, 0.1) is 16.6 Å². The Balaban J connectivity index is 2.01. The van der Waals surface area contributed by atoms with Crippen LogP contribution in [0.1, 0.15) is 19.4 Å². The van der Waals surface area contributed by atoms with E-state index in [1.165, 1.54) is 0 Å². The second kappa shape index (κ2) is 4.16. The third-order valence-electron chi connectivity index (χ3n) is 4.36. The van der Waals surface area contributed by atoms with Gasteiger partial charge in [0.1, 0.15) is 11.6 Å². The van der Waals surface area contributed by atoms with Crippen LogP contribution in [0.25, 0.3) is 10.9 Å². The summed E-state index contributed by atoms with van der Waals surface area (Å²) in [5, 5.41) is 10.8. The Hall–Kier alpha value is -2.21. The fourth-order valence-electron chi connectivity index (χ4n) is 3.12. The van der Waals surface area contributed by atoms with Crippen LogP contribution in [-0.4, -0.2) is 28.2 Å². The van der Waals surface area contributed by atoms with Gasteiger partial charge in [0.25, 0.3) is 0 Å². The lowest BCUT2D eigenvalue weighted by Gasteiger charge is -2.24. The predicted octanol–water partition coefficient (Wildman–Crippen LogP) is 1.34. The summed E-state index contributed by atoms with van der Waals surface area (Å²) in [5.74, 6) is 1.68. The van der Waals surface area contributed by atoms with Gasteiger partial charge in [-0.15, -0.1) is 0 Å². The van der Waals surface area contributed by atoms with E-state index in [0.717, 1.165) is 0 Å². The molecule has 0 fully saturated rings. The Kier molecular flexibility index (Phi) is 2.55. The second-order valence-corrected chi connectivity index (χ2v) is 6.33. The van der Waals surface area contributed by atoms with Crippen molar-refractivity contribution in [1.29, 1.82) is 0 Å². The summed E-state index contributed by atoms with van der Waals surface area (Å²) in [6, 6.07) is 3.50. The maximum atomic E-state index is 12.8. The Morgan fingerprint density at radius 2 is 2.09 bits per heavy atom.